The molecule has 0 aliphatic carbocycles. The van der Waals surface area contributed by atoms with E-state index in [-0.39, 0.29) is 12.5 Å². The molecule has 0 spiro atoms. The lowest BCUT2D eigenvalue weighted by atomic mass is 10.1. The summed E-state index contributed by atoms with van der Waals surface area (Å²) >= 11 is 1.64. The van der Waals surface area contributed by atoms with Crippen LogP contribution in [0.2, 0.25) is 0 Å². The molecule has 2 aromatic heterocycles. The van der Waals surface area contributed by atoms with E-state index in [1.165, 1.54) is 12.1 Å². The molecule has 1 atom stereocenters. The molecular weight excluding hydrogens is 507 g/mol. The van der Waals surface area contributed by atoms with Crippen molar-refractivity contribution in [3.05, 3.63) is 58.9 Å². The highest BCUT2D eigenvalue weighted by atomic mass is 32.1. The van der Waals surface area contributed by atoms with Crippen LogP contribution < -0.4 is 4.74 Å². The van der Waals surface area contributed by atoms with Crippen LogP contribution in [0.15, 0.2) is 46.9 Å². The Kier molecular flexibility index (Phi) is 7.43. The van der Waals surface area contributed by atoms with Gasteiger partial charge in [-0.25, -0.2) is 4.98 Å². The van der Waals surface area contributed by atoms with Crippen molar-refractivity contribution in [2.75, 3.05) is 39.3 Å². The van der Waals surface area contributed by atoms with Gasteiger partial charge in [-0.3, -0.25) is 9.80 Å². The number of aliphatic hydroxyl groups excluding tert-OH is 1. The zero-order valence-corrected chi connectivity index (χ0v) is 20.9. The van der Waals surface area contributed by atoms with Crippen molar-refractivity contribution in [1.82, 2.24) is 25.0 Å². The van der Waals surface area contributed by atoms with Crippen LogP contribution in [0, 0.1) is 6.92 Å². The van der Waals surface area contributed by atoms with Gasteiger partial charge in [-0.15, -0.1) is 21.5 Å². The lowest BCUT2D eigenvalue weighted by Crippen LogP contribution is -2.48. The molecule has 1 fully saturated rings. The Hall–Kier alpha value is -3.06. The maximum absolute atomic E-state index is 12.8. The number of piperazine rings is 1. The van der Waals surface area contributed by atoms with Gasteiger partial charge in [0.25, 0.3) is 0 Å². The molecule has 196 valence electrons. The van der Waals surface area contributed by atoms with Gasteiger partial charge in [0.2, 0.25) is 11.8 Å². The van der Waals surface area contributed by atoms with Crippen LogP contribution in [0.3, 0.4) is 0 Å². The number of halogens is 3. The molecule has 1 N–H and O–H groups in total. The number of thiazole rings is 1. The number of rotatable bonds is 8. The fraction of sp³-hybridized carbons (Fsp3) is 0.400. The number of hydrogen-bond donors (Lipinski definition) is 1. The van der Waals surface area contributed by atoms with Crippen molar-refractivity contribution in [3.63, 3.8) is 0 Å². The number of benzene rings is 2. The Bertz CT molecular complexity index is 1330. The van der Waals surface area contributed by atoms with Gasteiger partial charge in [0.15, 0.2) is 0 Å². The first kappa shape index (κ1) is 25.6. The summed E-state index contributed by atoms with van der Waals surface area (Å²) in [7, 11) is 0. The number of fused-ring (bicyclic) bond motifs is 1. The molecule has 0 bridgehead atoms. The minimum absolute atomic E-state index is 0.189. The topological polar surface area (TPSA) is 87.8 Å². The van der Waals surface area contributed by atoms with E-state index in [0.717, 1.165) is 53.5 Å². The van der Waals surface area contributed by atoms with E-state index in [0.29, 0.717) is 30.3 Å². The second-order valence-electron chi connectivity index (χ2n) is 8.98. The van der Waals surface area contributed by atoms with Crippen molar-refractivity contribution in [2.24, 2.45) is 0 Å². The average molecular weight is 534 g/mol. The van der Waals surface area contributed by atoms with Gasteiger partial charge in [0.05, 0.1) is 27.3 Å². The van der Waals surface area contributed by atoms with Crippen LogP contribution in [0.1, 0.15) is 16.5 Å². The zero-order valence-electron chi connectivity index (χ0n) is 20.1. The maximum Gasteiger partial charge on any atom is 0.416 e. The first-order chi connectivity index (χ1) is 17.7. The van der Waals surface area contributed by atoms with Crippen molar-refractivity contribution < 1.29 is 27.4 Å². The Morgan fingerprint density at radius 1 is 1.05 bits per heavy atom. The van der Waals surface area contributed by atoms with Gasteiger partial charge >= 0.3 is 6.18 Å². The van der Waals surface area contributed by atoms with E-state index < -0.39 is 17.8 Å². The minimum atomic E-state index is -4.39. The molecule has 5 rings (SSSR count). The van der Waals surface area contributed by atoms with Crippen molar-refractivity contribution >= 4 is 21.6 Å². The number of aryl methyl sites for hydroxylation is 1. The summed E-state index contributed by atoms with van der Waals surface area (Å²) in [5.74, 6) is 1.29. The number of β-amino-alcohol motifs (C(OH)–C–C–N with tert-alkyl or cyclic N) is 1. The van der Waals surface area contributed by atoms with Crippen molar-refractivity contribution in [1.29, 1.82) is 0 Å². The summed E-state index contributed by atoms with van der Waals surface area (Å²) in [5, 5.41) is 19.5. The highest BCUT2D eigenvalue weighted by Gasteiger charge is 2.30. The molecule has 37 heavy (non-hydrogen) atoms. The third-order valence-electron chi connectivity index (χ3n) is 6.13. The van der Waals surface area contributed by atoms with Crippen LogP contribution in [-0.2, 0) is 12.7 Å². The van der Waals surface area contributed by atoms with Gasteiger partial charge < -0.3 is 14.3 Å². The Morgan fingerprint density at radius 2 is 1.78 bits per heavy atom. The van der Waals surface area contributed by atoms with Crippen LogP contribution in [0.25, 0.3) is 21.7 Å². The van der Waals surface area contributed by atoms with Crippen molar-refractivity contribution in [2.45, 2.75) is 25.7 Å². The van der Waals surface area contributed by atoms with Crippen LogP contribution in [0.4, 0.5) is 13.2 Å². The maximum atomic E-state index is 12.8. The molecule has 8 nitrogen and oxygen atoms in total. The summed E-state index contributed by atoms with van der Waals surface area (Å²) in [6, 6.07) is 10.4. The number of aliphatic hydroxyl groups is 1. The fourth-order valence-electron chi connectivity index (χ4n) is 4.21. The highest BCUT2D eigenvalue weighted by Crippen LogP contribution is 2.31. The van der Waals surface area contributed by atoms with Crippen LogP contribution in [-0.4, -0.2) is 75.5 Å². The third kappa shape index (κ3) is 6.45. The monoisotopic (exact) mass is 533 g/mol. The first-order valence-electron chi connectivity index (χ1n) is 11.9. The molecule has 4 aromatic rings. The largest absolute Gasteiger partial charge is 0.491 e. The molecule has 0 saturated carbocycles. The summed E-state index contributed by atoms with van der Waals surface area (Å²) in [4.78, 5) is 8.81. The number of nitrogens with zero attached hydrogens (tertiary/aromatic N) is 5. The van der Waals surface area contributed by atoms with Crippen LogP contribution >= 0.6 is 11.3 Å². The third-order valence-corrected chi connectivity index (χ3v) is 7.08. The van der Waals surface area contributed by atoms with Crippen LogP contribution in [0.5, 0.6) is 5.75 Å². The predicted octanol–water partition coefficient (Wildman–Crippen LogP) is 4.23. The van der Waals surface area contributed by atoms with Gasteiger partial charge in [0.1, 0.15) is 18.5 Å². The standard InChI is InChI=1S/C25H26F3N5O3S/c1-16-29-21-12-20(6-7-22(21)37-16)35-15-19(34)13-32-8-10-33(11-9-32)14-23-30-31-24(36-23)17-2-4-18(5-3-17)25(26,27)28/h2-7,12,19,34H,8-11,13-15H2,1H3/t19-/m1/s1. The Balaban J connectivity index is 1.06. The SMILES string of the molecule is Cc1nc2cc(OC[C@H](O)CN3CCN(Cc4nnc(-c5ccc(C(F)(F)F)cc5)o4)CC3)ccc2s1. The van der Waals surface area contributed by atoms with Gasteiger partial charge in [-0.05, 0) is 43.3 Å². The smallest absolute Gasteiger partial charge is 0.416 e. The first-order valence-corrected chi connectivity index (χ1v) is 12.7. The second-order valence-corrected chi connectivity index (χ2v) is 10.2. The number of alkyl halides is 3. The van der Waals surface area contributed by atoms with E-state index in [1.54, 1.807) is 11.3 Å². The lowest BCUT2D eigenvalue weighted by Gasteiger charge is -2.34. The molecule has 0 amide bonds. The minimum Gasteiger partial charge on any atom is -0.491 e. The Labute approximate surface area is 215 Å². The summed E-state index contributed by atoms with van der Waals surface area (Å²) in [6.07, 6.45) is -5.01. The van der Waals surface area contributed by atoms with Gasteiger partial charge in [0, 0.05) is 44.4 Å². The van der Waals surface area contributed by atoms with E-state index in [4.69, 9.17) is 9.15 Å². The summed E-state index contributed by atoms with van der Waals surface area (Å²) in [5.41, 5.74) is 0.616. The van der Waals surface area contributed by atoms with Gasteiger partial charge in [-0.2, -0.15) is 13.2 Å². The number of aromatic nitrogens is 3. The lowest BCUT2D eigenvalue weighted by molar-refractivity contribution is -0.137. The molecule has 1 aliphatic rings. The molecule has 1 aliphatic heterocycles. The van der Waals surface area contributed by atoms with E-state index >= 15 is 0 Å². The zero-order chi connectivity index (χ0) is 26.0. The molecule has 2 aromatic carbocycles. The quantitative estimate of drug-likeness (QED) is 0.360. The molecule has 12 heteroatoms. The van der Waals surface area contributed by atoms with E-state index in [1.807, 2.05) is 25.1 Å². The summed E-state index contributed by atoms with van der Waals surface area (Å²) in [6.45, 7) is 6.16. The average Bonchev–Trinajstić information content (AvgIpc) is 3.49. The van der Waals surface area contributed by atoms with E-state index in [2.05, 4.69) is 25.0 Å². The Morgan fingerprint density at radius 3 is 2.51 bits per heavy atom. The number of ether oxygens (including phenoxy) is 1. The summed E-state index contributed by atoms with van der Waals surface area (Å²) < 4.78 is 50.8. The molecule has 1 saturated heterocycles. The second kappa shape index (κ2) is 10.7. The normalized spacial score (nSPS) is 16.4. The molecule has 0 unspecified atom stereocenters. The molecule has 3 heterocycles. The van der Waals surface area contributed by atoms with E-state index in [9.17, 15) is 18.3 Å². The molecule has 0 radical (unpaired) electrons. The highest BCUT2D eigenvalue weighted by molar-refractivity contribution is 7.18. The predicted molar refractivity (Wildman–Crippen MR) is 132 cm³/mol. The molecular formula is C25H26F3N5O3S. The van der Waals surface area contributed by atoms with Gasteiger partial charge in [-0.1, -0.05) is 0 Å². The fourth-order valence-corrected chi connectivity index (χ4v) is 5.02. The number of hydrogen-bond acceptors (Lipinski definition) is 9. The van der Waals surface area contributed by atoms with Crippen molar-refractivity contribution in [3.8, 4) is 17.2 Å².